The Kier molecular flexibility index (Phi) is 2.96. The highest BCUT2D eigenvalue weighted by molar-refractivity contribution is 7.82. The molecule has 6 aliphatic carbocycles. The first-order chi connectivity index (χ1) is 12.5. The summed E-state index contributed by atoms with van der Waals surface area (Å²) in [5.74, 6) is 3.73. The van der Waals surface area contributed by atoms with Crippen LogP contribution < -0.4 is 0 Å². The number of rotatable bonds is 0. The van der Waals surface area contributed by atoms with E-state index in [1.807, 2.05) is 0 Å². The first kappa shape index (κ1) is 19.1. The van der Waals surface area contributed by atoms with Gasteiger partial charge in [0.2, 0.25) is 0 Å². The summed E-state index contributed by atoms with van der Waals surface area (Å²) in [7, 11) is 2.64. The number of hydrogen-bond acceptors (Lipinski definition) is 1. The standard InChI is InChI=1S/C26H43BS/c1-19(2)10-9-15-16-17-18(19)20(3,4)11-24(17)12-21(5,6)26(28)14-25(16,23(24,26)8)13-22(15,7)27/h15-18,28H,9-14,27H2,1-8H3. The highest BCUT2D eigenvalue weighted by Crippen LogP contribution is 3.00. The van der Waals surface area contributed by atoms with Gasteiger partial charge in [-0.1, -0.05) is 60.7 Å². The summed E-state index contributed by atoms with van der Waals surface area (Å²) < 4.78 is 0.242. The summed E-state index contributed by atoms with van der Waals surface area (Å²) in [6.45, 7) is 21.2. The van der Waals surface area contributed by atoms with Crippen LogP contribution in [0.4, 0.5) is 0 Å². The second-order valence-electron chi connectivity index (χ2n) is 15.5. The molecule has 0 saturated heterocycles. The lowest BCUT2D eigenvalue weighted by atomic mass is 9.38. The van der Waals surface area contributed by atoms with Gasteiger partial charge in [-0.2, -0.15) is 12.6 Å². The summed E-state index contributed by atoms with van der Waals surface area (Å²) in [5, 5.41) is 0.513. The molecule has 0 nitrogen and oxygen atoms in total. The molecular formula is C26H43BS. The van der Waals surface area contributed by atoms with Gasteiger partial charge in [0.1, 0.15) is 7.85 Å². The molecule has 0 aromatic carbocycles. The van der Waals surface area contributed by atoms with Crippen LogP contribution in [-0.4, -0.2) is 12.6 Å². The zero-order valence-electron chi connectivity index (χ0n) is 20.0. The lowest BCUT2D eigenvalue weighted by Crippen LogP contribution is -2.69. The molecule has 0 N–H and O–H groups in total. The fourth-order valence-corrected chi connectivity index (χ4v) is 14.0. The van der Waals surface area contributed by atoms with E-state index in [0.717, 1.165) is 23.7 Å². The summed E-state index contributed by atoms with van der Waals surface area (Å²) in [6, 6.07) is 0. The molecule has 0 heterocycles. The molecule has 6 fully saturated rings. The molecule has 9 unspecified atom stereocenters. The smallest absolute Gasteiger partial charge is 0.109 e. The van der Waals surface area contributed by atoms with Gasteiger partial charge in [-0.15, -0.1) is 0 Å². The lowest BCUT2D eigenvalue weighted by Gasteiger charge is -2.70. The maximum atomic E-state index is 5.67. The molecule has 6 aliphatic rings. The van der Waals surface area contributed by atoms with Crippen molar-refractivity contribution >= 4 is 20.5 Å². The van der Waals surface area contributed by atoms with Crippen molar-refractivity contribution in [2.45, 2.75) is 104 Å². The average Bonchev–Trinajstić information content (AvgIpc) is 2.89. The van der Waals surface area contributed by atoms with Crippen LogP contribution in [0, 0.1) is 56.2 Å². The molecule has 2 heteroatoms. The van der Waals surface area contributed by atoms with Gasteiger partial charge in [0.15, 0.2) is 0 Å². The zero-order chi connectivity index (χ0) is 20.6. The van der Waals surface area contributed by atoms with Gasteiger partial charge >= 0.3 is 0 Å². The maximum absolute atomic E-state index is 5.67. The fraction of sp³-hybridized carbons (Fsp3) is 1.00. The van der Waals surface area contributed by atoms with Crippen molar-refractivity contribution in [2.24, 2.45) is 56.2 Å². The Labute approximate surface area is 180 Å². The van der Waals surface area contributed by atoms with E-state index >= 15 is 0 Å². The molecule has 2 spiro atoms. The average molecular weight is 399 g/mol. The first-order valence-corrected chi connectivity index (χ1v) is 12.7. The van der Waals surface area contributed by atoms with E-state index in [-0.39, 0.29) is 4.75 Å². The summed E-state index contributed by atoms with van der Waals surface area (Å²) in [5.41, 5.74) is 2.86. The minimum atomic E-state index is 0.242. The van der Waals surface area contributed by atoms with Crippen LogP contribution in [-0.2, 0) is 0 Å². The molecule has 6 saturated carbocycles. The third kappa shape index (κ3) is 1.45. The van der Waals surface area contributed by atoms with E-state index in [4.69, 9.17) is 12.6 Å². The van der Waals surface area contributed by atoms with Crippen molar-refractivity contribution in [3.8, 4) is 0 Å². The van der Waals surface area contributed by atoms with Crippen LogP contribution in [0.15, 0.2) is 0 Å². The number of hydrogen-bond donors (Lipinski definition) is 1. The molecule has 0 aromatic rings. The van der Waals surface area contributed by atoms with E-state index in [2.05, 4.69) is 63.2 Å². The van der Waals surface area contributed by atoms with Gasteiger partial charge in [0.05, 0.1) is 0 Å². The number of thiol groups is 1. The SMILES string of the molecule is BC1(C)CC23CC4(S)C(C)(C)CC5(CC(C)(C)C6C5C2C1CCC6(C)C)C34C. The molecule has 28 heavy (non-hydrogen) atoms. The summed E-state index contributed by atoms with van der Waals surface area (Å²) in [6.07, 6.45) is 8.71. The Morgan fingerprint density at radius 1 is 0.750 bits per heavy atom. The van der Waals surface area contributed by atoms with Gasteiger partial charge in [-0.05, 0) is 94.7 Å². The van der Waals surface area contributed by atoms with Gasteiger partial charge in [0, 0.05) is 4.75 Å². The molecule has 0 radical (unpaired) electrons. The monoisotopic (exact) mass is 398 g/mol. The molecule has 0 aromatic heterocycles. The van der Waals surface area contributed by atoms with E-state index in [1.54, 1.807) is 0 Å². The molecular weight excluding hydrogens is 355 g/mol. The van der Waals surface area contributed by atoms with Crippen molar-refractivity contribution in [1.29, 1.82) is 0 Å². The quantitative estimate of drug-likeness (QED) is 0.354. The Balaban J connectivity index is 1.68. The normalized spacial score (nSPS) is 66.2. The predicted octanol–water partition coefficient (Wildman–Crippen LogP) is 6.41. The predicted molar refractivity (Wildman–Crippen MR) is 125 cm³/mol. The third-order valence-electron chi connectivity index (χ3n) is 13.1. The highest BCUT2D eigenvalue weighted by atomic mass is 32.1. The molecule has 156 valence electrons. The first-order valence-electron chi connectivity index (χ1n) is 12.3. The largest absolute Gasteiger partial charge is 0.171 e. The second-order valence-corrected chi connectivity index (χ2v) is 16.3. The Morgan fingerprint density at radius 2 is 1.36 bits per heavy atom. The van der Waals surface area contributed by atoms with Crippen LogP contribution in [0.5, 0.6) is 0 Å². The summed E-state index contributed by atoms with van der Waals surface area (Å²) >= 11 is 5.67. The van der Waals surface area contributed by atoms with Crippen molar-refractivity contribution in [2.75, 3.05) is 0 Å². The van der Waals surface area contributed by atoms with Crippen molar-refractivity contribution < 1.29 is 0 Å². The Morgan fingerprint density at radius 3 is 2.00 bits per heavy atom. The van der Waals surface area contributed by atoms with E-state index in [1.165, 1.54) is 38.5 Å². The van der Waals surface area contributed by atoms with Gasteiger partial charge in [-0.25, -0.2) is 0 Å². The van der Waals surface area contributed by atoms with Crippen LogP contribution >= 0.6 is 12.6 Å². The Bertz CT molecular complexity index is 794. The Hall–Kier alpha value is 0.415. The topological polar surface area (TPSA) is 0 Å². The third-order valence-corrected chi connectivity index (χ3v) is 14.3. The van der Waals surface area contributed by atoms with Gasteiger partial charge in [-0.3, -0.25) is 0 Å². The minimum absolute atomic E-state index is 0.242. The molecule has 9 atom stereocenters. The fourth-order valence-electron chi connectivity index (χ4n) is 13.2. The minimum Gasteiger partial charge on any atom is -0.171 e. The summed E-state index contributed by atoms with van der Waals surface area (Å²) in [4.78, 5) is 0. The van der Waals surface area contributed by atoms with Crippen LogP contribution in [0.3, 0.4) is 0 Å². The molecule has 0 amide bonds. The molecule has 6 rings (SSSR count). The zero-order valence-corrected chi connectivity index (χ0v) is 20.9. The van der Waals surface area contributed by atoms with E-state index < -0.39 is 0 Å². The van der Waals surface area contributed by atoms with E-state index in [0.29, 0.717) is 37.8 Å². The highest BCUT2D eigenvalue weighted by Gasteiger charge is 2.95. The van der Waals surface area contributed by atoms with Crippen LogP contribution in [0.25, 0.3) is 0 Å². The van der Waals surface area contributed by atoms with Crippen molar-refractivity contribution in [3.05, 3.63) is 0 Å². The van der Waals surface area contributed by atoms with Crippen molar-refractivity contribution in [1.82, 2.24) is 0 Å². The second kappa shape index (κ2) is 4.34. The molecule has 0 bridgehead atoms. The van der Waals surface area contributed by atoms with E-state index in [9.17, 15) is 0 Å². The van der Waals surface area contributed by atoms with Gasteiger partial charge in [0.25, 0.3) is 0 Å². The maximum Gasteiger partial charge on any atom is 0.109 e. The van der Waals surface area contributed by atoms with Crippen LogP contribution in [0.2, 0.25) is 5.31 Å². The molecule has 0 aliphatic heterocycles. The van der Waals surface area contributed by atoms with Crippen LogP contribution in [0.1, 0.15) is 93.9 Å². The van der Waals surface area contributed by atoms with Gasteiger partial charge < -0.3 is 0 Å². The lowest BCUT2D eigenvalue weighted by molar-refractivity contribution is -0.144. The van der Waals surface area contributed by atoms with Crippen molar-refractivity contribution in [3.63, 3.8) is 0 Å².